The molecule has 3 aromatic rings. The van der Waals surface area contributed by atoms with Gasteiger partial charge in [-0.2, -0.15) is 0 Å². The highest BCUT2D eigenvalue weighted by Gasteiger charge is 2.17. The van der Waals surface area contributed by atoms with Gasteiger partial charge in [-0.3, -0.25) is 15.0 Å². The van der Waals surface area contributed by atoms with Crippen LogP contribution in [0.4, 0.5) is 5.13 Å². The SMILES string of the molecule is COc1ccc(OCC(=O)Nc2nc(CN3CCc4ccccc4C3)cs2)cc1.Cl. The molecule has 4 rings (SSSR count). The molecule has 158 valence electrons. The molecule has 8 heteroatoms. The summed E-state index contributed by atoms with van der Waals surface area (Å²) in [7, 11) is 1.61. The number of methoxy groups -OCH3 is 1. The summed E-state index contributed by atoms with van der Waals surface area (Å²) in [6.07, 6.45) is 1.06. The highest BCUT2D eigenvalue weighted by atomic mass is 35.5. The lowest BCUT2D eigenvalue weighted by molar-refractivity contribution is -0.118. The molecule has 0 fully saturated rings. The summed E-state index contributed by atoms with van der Waals surface area (Å²) < 4.78 is 10.6. The number of nitrogens with zero attached hydrogens (tertiary/aromatic N) is 2. The topological polar surface area (TPSA) is 63.7 Å². The number of fused-ring (bicyclic) bond motifs is 1. The number of hydrogen-bond donors (Lipinski definition) is 1. The summed E-state index contributed by atoms with van der Waals surface area (Å²) in [5, 5.41) is 5.41. The number of carbonyl (C=O) groups is 1. The van der Waals surface area contributed by atoms with E-state index in [1.807, 2.05) is 5.38 Å². The van der Waals surface area contributed by atoms with Gasteiger partial charge in [0, 0.05) is 25.0 Å². The first-order valence-electron chi connectivity index (χ1n) is 9.50. The molecule has 0 bridgehead atoms. The highest BCUT2D eigenvalue weighted by molar-refractivity contribution is 7.13. The molecule has 0 saturated heterocycles. The van der Waals surface area contributed by atoms with Gasteiger partial charge in [0.2, 0.25) is 0 Å². The summed E-state index contributed by atoms with van der Waals surface area (Å²) in [4.78, 5) is 19.1. The van der Waals surface area contributed by atoms with E-state index in [9.17, 15) is 4.79 Å². The fourth-order valence-electron chi connectivity index (χ4n) is 3.33. The Kier molecular flexibility index (Phi) is 7.68. The summed E-state index contributed by atoms with van der Waals surface area (Å²) in [6, 6.07) is 15.7. The number of carbonyl (C=O) groups excluding carboxylic acids is 1. The van der Waals surface area contributed by atoms with Crippen molar-refractivity contribution in [3.63, 3.8) is 0 Å². The standard InChI is InChI=1S/C22H23N3O3S.ClH/c1-27-19-6-8-20(9-7-19)28-14-21(26)24-22-23-18(15-29-22)13-25-11-10-16-4-2-3-5-17(16)12-25;/h2-9,15H,10-14H2,1H3,(H,23,24,26);1H. The van der Waals surface area contributed by atoms with E-state index in [4.69, 9.17) is 9.47 Å². The number of rotatable bonds is 7. The zero-order valence-electron chi connectivity index (χ0n) is 16.7. The maximum Gasteiger partial charge on any atom is 0.264 e. The molecule has 0 saturated carbocycles. The number of hydrogen-bond acceptors (Lipinski definition) is 6. The largest absolute Gasteiger partial charge is 0.497 e. The number of anilines is 1. The third-order valence-electron chi connectivity index (χ3n) is 4.82. The molecular weight excluding hydrogens is 422 g/mol. The van der Waals surface area contributed by atoms with E-state index >= 15 is 0 Å². The van der Waals surface area contributed by atoms with Gasteiger partial charge in [-0.25, -0.2) is 4.98 Å². The van der Waals surface area contributed by atoms with Crippen LogP contribution >= 0.6 is 23.7 Å². The molecule has 1 aliphatic rings. The number of benzene rings is 2. The van der Waals surface area contributed by atoms with Crippen LogP contribution < -0.4 is 14.8 Å². The molecule has 0 radical (unpaired) electrons. The Balaban J connectivity index is 0.00000256. The molecule has 1 aromatic heterocycles. The fourth-order valence-corrected chi connectivity index (χ4v) is 4.05. The van der Waals surface area contributed by atoms with Crippen molar-refractivity contribution in [3.05, 3.63) is 70.7 Å². The molecule has 0 spiro atoms. The lowest BCUT2D eigenvalue weighted by Crippen LogP contribution is -2.30. The van der Waals surface area contributed by atoms with Crippen LogP contribution in [0.5, 0.6) is 11.5 Å². The van der Waals surface area contributed by atoms with Crippen molar-refractivity contribution in [3.8, 4) is 11.5 Å². The molecular formula is C22H24ClN3O3S. The number of nitrogens with one attached hydrogen (secondary N) is 1. The second kappa shape index (κ2) is 10.4. The van der Waals surface area contributed by atoms with Gasteiger partial charge >= 0.3 is 0 Å². The molecule has 0 atom stereocenters. The van der Waals surface area contributed by atoms with E-state index in [1.54, 1.807) is 31.4 Å². The van der Waals surface area contributed by atoms with Gasteiger partial charge in [-0.05, 0) is 41.8 Å². The van der Waals surface area contributed by atoms with Crippen LogP contribution in [0.1, 0.15) is 16.8 Å². The van der Waals surface area contributed by atoms with Gasteiger partial charge in [0.25, 0.3) is 5.91 Å². The molecule has 2 aromatic carbocycles. The Morgan fingerprint density at radius 2 is 1.87 bits per heavy atom. The van der Waals surface area contributed by atoms with Gasteiger partial charge in [0.15, 0.2) is 11.7 Å². The first-order chi connectivity index (χ1) is 14.2. The van der Waals surface area contributed by atoms with E-state index in [0.717, 1.165) is 37.5 Å². The average Bonchev–Trinajstić information content (AvgIpc) is 3.19. The summed E-state index contributed by atoms with van der Waals surface area (Å²) >= 11 is 1.44. The number of aromatic nitrogens is 1. The maximum atomic E-state index is 12.1. The number of halogens is 1. The second-order valence-corrected chi connectivity index (χ2v) is 7.74. The van der Waals surface area contributed by atoms with Crippen molar-refractivity contribution in [1.82, 2.24) is 9.88 Å². The Morgan fingerprint density at radius 3 is 2.63 bits per heavy atom. The van der Waals surface area contributed by atoms with Crippen molar-refractivity contribution in [2.75, 3.05) is 25.6 Å². The number of thiazole rings is 1. The molecule has 2 heterocycles. The van der Waals surface area contributed by atoms with Gasteiger partial charge in [-0.1, -0.05) is 24.3 Å². The van der Waals surface area contributed by atoms with Gasteiger partial charge in [-0.15, -0.1) is 23.7 Å². The van der Waals surface area contributed by atoms with E-state index in [-0.39, 0.29) is 24.9 Å². The Bertz CT molecular complexity index is 978. The molecule has 1 aliphatic heterocycles. The first-order valence-corrected chi connectivity index (χ1v) is 10.4. The minimum absolute atomic E-state index is 0. The smallest absolute Gasteiger partial charge is 0.264 e. The second-order valence-electron chi connectivity index (χ2n) is 6.89. The van der Waals surface area contributed by atoms with Crippen LogP contribution in [-0.4, -0.2) is 36.1 Å². The number of ether oxygens (including phenoxy) is 2. The quantitative estimate of drug-likeness (QED) is 0.592. The molecule has 0 unspecified atom stereocenters. The maximum absolute atomic E-state index is 12.1. The van der Waals surface area contributed by atoms with Crippen LogP contribution in [0.2, 0.25) is 0 Å². The fraction of sp³-hybridized carbons (Fsp3) is 0.273. The van der Waals surface area contributed by atoms with Crippen LogP contribution in [-0.2, 0) is 24.3 Å². The summed E-state index contributed by atoms with van der Waals surface area (Å²) in [6.45, 7) is 2.67. The monoisotopic (exact) mass is 445 g/mol. The van der Waals surface area contributed by atoms with E-state index in [0.29, 0.717) is 10.9 Å². The van der Waals surface area contributed by atoms with Gasteiger partial charge in [0.05, 0.1) is 12.8 Å². The summed E-state index contributed by atoms with van der Waals surface area (Å²) in [5.74, 6) is 1.13. The molecule has 0 aliphatic carbocycles. The lowest BCUT2D eigenvalue weighted by Gasteiger charge is -2.27. The minimum atomic E-state index is -0.228. The zero-order chi connectivity index (χ0) is 20.1. The van der Waals surface area contributed by atoms with Crippen LogP contribution in [0.15, 0.2) is 53.9 Å². The van der Waals surface area contributed by atoms with Crippen molar-refractivity contribution in [2.24, 2.45) is 0 Å². The van der Waals surface area contributed by atoms with Crippen molar-refractivity contribution >= 4 is 34.8 Å². The van der Waals surface area contributed by atoms with Crippen molar-refractivity contribution in [2.45, 2.75) is 19.5 Å². The third-order valence-corrected chi connectivity index (χ3v) is 5.63. The van der Waals surface area contributed by atoms with Gasteiger partial charge in [0.1, 0.15) is 11.5 Å². The Morgan fingerprint density at radius 1 is 1.13 bits per heavy atom. The van der Waals surface area contributed by atoms with E-state index in [2.05, 4.69) is 39.5 Å². The normalized spacial score (nSPS) is 13.1. The summed E-state index contributed by atoms with van der Waals surface area (Å²) in [5.41, 5.74) is 3.80. The van der Waals surface area contributed by atoms with Crippen LogP contribution in [0.25, 0.3) is 0 Å². The highest BCUT2D eigenvalue weighted by Crippen LogP contribution is 2.22. The Labute approximate surface area is 186 Å². The third kappa shape index (κ3) is 5.72. The van der Waals surface area contributed by atoms with Crippen molar-refractivity contribution < 1.29 is 14.3 Å². The number of amides is 1. The van der Waals surface area contributed by atoms with Crippen LogP contribution in [0, 0.1) is 0 Å². The predicted octanol–water partition coefficient (Wildman–Crippen LogP) is 4.15. The zero-order valence-corrected chi connectivity index (χ0v) is 18.3. The van der Waals surface area contributed by atoms with Gasteiger partial charge < -0.3 is 9.47 Å². The lowest BCUT2D eigenvalue weighted by atomic mass is 10.00. The minimum Gasteiger partial charge on any atom is -0.497 e. The molecule has 1 N–H and O–H groups in total. The Hall–Kier alpha value is -2.61. The van der Waals surface area contributed by atoms with Crippen LogP contribution in [0.3, 0.4) is 0 Å². The molecule has 1 amide bonds. The molecule has 30 heavy (non-hydrogen) atoms. The first kappa shape index (κ1) is 22.1. The average molecular weight is 446 g/mol. The predicted molar refractivity (Wildman–Crippen MR) is 121 cm³/mol. The van der Waals surface area contributed by atoms with E-state index < -0.39 is 0 Å². The van der Waals surface area contributed by atoms with E-state index in [1.165, 1.54) is 22.5 Å². The molecule has 6 nitrogen and oxygen atoms in total. The van der Waals surface area contributed by atoms with Crippen molar-refractivity contribution in [1.29, 1.82) is 0 Å².